The number of aromatic nitrogens is 2. The molecule has 19 heavy (non-hydrogen) atoms. The summed E-state index contributed by atoms with van der Waals surface area (Å²) in [5.41, 5.74) is 0. The van der Waals surface area contributed by atoms with Crippen molar-refractivity contribution < 1.29 is 9.47 Å². The van der Waals surface area contributed by atoms with E-state index in [1.54, 1.807) is 13.3 Å². The molecule has 1 aromatic heterocycles. The van der Waals surface area contributed by atoms with Gasteiger partial charge in [-0.1, -0.05) is 0 Å². The molecule has 4 heteroatoms. The number of hydrogen-bond donors (Lipinski definition) is 0. The van der Waals surface area contributed by atoms with Crippen LogP contribution in [0.4, 0.5) is 0 Å². The SMILES string of the molecule is CC(C)n1cccn1.CCOC(C)C.COC(C)C. The van der Waals surface area contributed by atoms with E-state index in [4.69, 9.17) is 9.47 Å². The molecule has 114 valence electrons. The van der Waals surface area contributed by atoms with E-state index >= 15 is 0 Å². The Morgan fingerprint density at radius 3 is 1.68 bits per heavy atom. The van der Waals surface area contributed by atoms with Crippen LogP contribution in [0, 0.1) is 0 Å². The molecule has 1 heterocycles. The maximum absolute atomic E-state index is 5.04. The molecule has 1 rings (SSSR count). The summed E-state index contributed by atoms with van der Waals surface area (Å²) in [6, 6.07) is 2.42. The van der Waals surface area contributed by atoms with Gasteiger partial charge in [-0.05, 0) is 54.5 Å². The Morgan fingerprint density at radius 1 is 1.05 bits per heavy atom. The maximum Gasteiger partial charge on any atom is 0.0518 e. The zero-order valence-corrected chi connectivity index (χ0v) is 13.9. The second-order valence-electron chi connectivity index (χ2n) is 4.87. The van der Waals surface area contributed by atoms with Crippen LogP contribution >= 0.6 is 0 Å². The van der Waals surface area contributed by atoms with Crippen LogP contribution in [0.2, 0.25) is 0 Å². The second kappa shape index (κ2) is 13.6. The van der Waals surface area contributed by atoms with Gasteiger partial charge in [-0.2, -0.15) is 5.10 Å². The molecule has 4 nitrogen and oxygen atoms in total. The van der Waals surface area contributed by atoms with E-state index in [-0.39, 0.29) is 0 Å². The summed E-state index contributed by atoms with van der Waals surface area (Å²) in [6.45, 7) is 15.1. The number of nitrogens with zero attached hydrogens (tertiary/aromatic N) is 2. The van der Waals surface area contributed by atoms with E-state index in [9.17, 15) is 0 Å². The highest BCUT2D eigenvalue weighted by atomic mass is 16.5. The minimum atomic E-state index is 0.384. The zero-order chi connectivity index (χ0) is 15.3. The van der Waals surface area contributed by atoms with E-state index in [0.29, 0.717) is 18.2 Å². The Morgan fingerprint density at radius 2 is 1.58 bits per heavy atom. The fourth-order valence-corrected chi connectivity index (χ4v) is 0.919. The molecule has 1 aromatic rings. The van der Waals surface area contributed by atoms with Crippen molar-refractivity contribution in [1.82, 2.24) is 9.78 Å². The first-order valence-corrected chi connectivity index (χ1v) is 6.98. The molecule has 0 amide bonds. The van der Waals surface area contributed by atoms with Crippen LogP contribution in [0.15, 0.2) is 18.5 Å². The first-order chi connectivity index (χ1) is 8.84. The molecular formula is C15H32N2O2. The van der Waals surface area contributed by atoms with Gasteiger partial charge in [-0.15, -0.1) is 0 Å². The summed E-state index contributed by atoms with van der Waals surface area (Å²) < 4.78 is 11.7. The molecule has 0 aromatic carbocycles. The number of rotatable bonds is 4. The van der Waals surface area contributed by atoms with Gasteiger partial charge in [0.05, 0.1) is 12.2 Å². The maximum atomic E-state index is 5.04. The van der Waals surface area contributed by atoms with Gasteiger partial charge in [-0.25, -0.2) is 0 Å². The summed E-state index contributed by atoms with van der Waals surface area (Å²) in [7, 11) is 1.70. The first kappa shape index (κ1) is 20.4. The van der Waals surface area contributed by atoms with Crippen LogP contribution in [0.3, 0.4) is 0 Å². The Hall–Kier alpha value is -0.870. The largest absolute Gasteiger partial charge is 0.382 e. The van der Waals surface area contributed by atoms with Crippen molar-refractivity contribution in [1.29, 1.82) is 0 Å². The fraction of sp³-hybridized carbons (Fsp3) is 0.800. The van der Waals surface area contributed by atoms with Gasteiger partial charge in [0.25, 0.3) is 0 Å². The predicted molar refractivity (Wildman–Crippen MR) is 81.5 cm³/mol. The summed E-state index contributed by atoms with van der Waals surface area (Å²) in [5, 5.41) is 4.03. The molecule has 0 aliphatic carbocycles. The number of hydrogen-bond acceptors (Lipinski definition) is 3. The summed E-state index contributed by atoms with van der Waals surface area (Å²) in [5.74, 6) is 0. The third kappa shape index (κ3) is 17.1. The smallest absolute Gasteiger partial charge is 0.0518 e. The van der Waals surface area contributed by atoms with E-state index < -0.39 is 0 Å². The average molecular weight is 272 g/mol. The molecule has 0 spiro atoms. The van der Waals surface area contributed by atoms with Crippen LogP contribution in [-0.2, 0) is 9.47 Å². The topological polar surface area (TPSA) is 36.3 Å². The van der Waals surface area contributed by atoms with Gasteiger partial charge >= 0.3 is 0 Å². The second-order valence-corrected chi connectivity index (χ2v) is 4.87. The lowest BCUT2D eigenvalue weighted by atomic mass is 10.4. The van der Waals surface area contributed by atoms with Crippen LogP contribution in [-0.4, -0.2) is 35.7 Å². The third-order valence-electron chi connectivity index (χ3n) is 2.03. The monoisotopic (exact) mass is 272 g/mol. The molecular weight excluding hydrogens is 240 g/mol. The van der Waals surface area contributed by atoms with Crippen LogP contribution in [0.5, 0.6) is 0 Å². The molecule has 0 N–H and O–H groups in total. The highest BCUT2D eigenvalue weighted by molar-refractivity contribution is 4.79. The predicted octanol–water partition coefficient (Wildman–Crippen LogP) is 3.94. The van der Waals surface area contributed by atoms with Gasteiger partial charge < -0.3 is 9.47 Å². The molecule has 0 saturated heterocycles. The van der Waals surface area contributed by atoms with Gasteiger partial charge in [0.15, 0.2) is 0 Å². The molecule has 0 saturated carbocycles. The Balaban J connectivity index is 0. The lowest BCUT2D eigenvalue weighted by Crippen LogP contribution is -1.99. The van der Waals surface area contributed by atoms with Crippen LogP contribution in [0.25, 0.3) is 0 Å². The van der Waals surface area contributed by atoms with Gasteiger partial charge in [-0.3, -0.25) is 4.68 Å². The Kier molecular flexibility index (Phi) is 14.6. The summed E-state index contributed by atoms with van der Waals surface area (Å²) in [4.78, 5) is 0. The third-order valence-corrected chi connectivity index (χ3v) is 2.03. The average Bonchev–Trinajstić information content (AvgIpc) is 2.84. The molecule has 0 atom stereocenters. The van der Waals surface area contributed by atoms with Gasteiger partial charge in [0, 0.05) is 32.2 Å². The van der Waals surface area contributed by atoms with Crippen molar-refractivity contribution in [3.05, 3.63) is 18.5 Å². The lowest BCUT2D eigenvalue weighted by Gasteiger charge is -2.01. The Bertz CT molecular complexity index is 257. The van der Waals surface area contributed by atoms with E-state index in [1.165, 1.54) is 0 Å². The number of ether oxygens (including phenoxy) is 2. The van der Waals surface area contributed by atoms with Crippen molar-refractivity contribution in [3.8, 4) is 0 Å². The highest BCUT2D eigenvalue weighted by Crippen LogP contribution is 1.98. The van der Waals surface area contributed by atoms with Crippen molar-refractivity contribution in [2.45, 2.75) is 66.7 Å². The lowest BCUT2D eigenvalue weighted by molar-refractivity contribution is 0.0899. The normalized spacial score (nSPS) is 10.1. The van der Waals surface area contributed by atoms with Crippen molar-refractivity contribution in [2.75, 3.05) is 13.7 Å². The summed E-state index contributed by atoms with van der Waals surface area (Å²) in [6.07, 6.45) is 4.54. The van der Waals surface area contributed by atoms with Gasteiger partial charge in [0.2, 0.25) is 0 Å². The van der Waals surface area contributed by atoms with E-state index in [2.05, 4.69) is 18.9 Å². The van der Waals surface area contributed by atoms with Crippen molar-refractivity contribution in [2.24, 2.45) is 0 Å². The molecule has 0 radical (unpaired) electrons. The highest BCUT2D eigenvalue weighted by Gasteiger charge is 1.91. The Labute approximate surface area is 119 Å². The first-order valence-electron chi connectivity index (χ1n) is 6.98. The van der Waals surface area contributed by atoms with Gasteiger partial charge in [0.1, 0.15) is 0 Å². The summed E-state index contributed by atoms with van der Waals surface area (Å²) >= 11 is 0. The van der Waals surface area contributed by atoms with Crippen molar-refractivity contribution >= 4 is 0 Å². The standard InChI is InChI=1S/C6H10N2.C5H12O.C4H10O/c1-6(2)8-5-3-4-7-8;1-4-6-5(2)3;1-4(2)5-3/h3-6H,1-2H3;5H,4H2,1-3H3;4H,1-3H3. The molecule has 0 unspecified atom stereocenters. The van der Waals surface area contributed by atoms with E-state index in [1.807, 2.05) is 51.6 Å². The molecule has 0 aliphatic rings. The van der Waals surface area contributed by atoms with Crippen LogP contribution < -0.4 is 0 Å². The fourth-order valence-electron chi connectivity index (χ4n) is 0.919. The minimum Gasteiger partial charge on any atom is -0.382 e. The quantitative estimate of drug-likeness (QED) is 0.833. The van der Waals surface area contributed by atoms with E-state index in [0.717, 1.165) is 6.61 Å². The minimum absolute atomic E-state index is 0.384. The number of methoxy groups -OCH3 is 1. The van der Waals surface area contributed by atoms with Crippen LogP contribution in [0.1, 0.15) is 54.5 Å². The molecule has 0 bridgehead atoms. The zero-order valence-electron chi connectivity index (χ0n) is 13.9. The molecule has 0 fully saturated rings. The molecule has 0 aliphatic heterocycles. The van der Waals surface area contributed by atoms with Crippen molar-refractivity contribution in [3.63, 3.8) is 0 Å².